The second-order valence-electron chi connectivity index (χ2n) is 6.58. The highest BCUT2D eigenvalue weighted by Crippen LogP contribution is 2.30. The highest BCUT2D eigenvalue weighted by atomic mass is 32.2. The average Bonchev–Trinajstić information content (AvgIpc) is 3.04. The fraction of sp³-hybridized carbons (Fsp3) is 0.421. The summed E-state index contributed by atoms with van der Waals surface area (Å²) in [5.41, 5.74) is -0.421. The maximum Gasteiger partial charge on any atom is 0.416 e. The van der Waals surface area contributed by atoms with Crippen molar-refractivity contribution in [3.8, 4) is 0 Å². The lowest BCUT2D eigenvalue weighted by molar-refractivity contribution is -0.137. The van der Waals surface area contributed by atoms with Gasteiger partial charge in [0.15, 0.2) is 0 Å². The molecular weight excluding hydrogens is 407 g/mol. The molecule has 0 saturated carbocycles. The molecule has 10 heteroatoms. The second kappa shape index (κ2) is 8.58. The minimum absolute atomic E-state index is 0.0134. The van der Waals surface area contributed by atoms with Gasteiger partial charge in [-0.05, 0) is 30.7 Å². The number of nitrogens with zero attached hydrogens (tertiary/aromatic N) is 2. The van der Waals surface area contributed by atoms with Crippen LogP contribution in [0.4, 0.5) is 13.2 Å². The van der Waals surface area contributed by atoms with Crippen LogP contribution in [0.1, 0.15) is 48.4 Å². The molecule has 1 aromatic heterocycles. The standard InChI is InChI=1S/C19H24F3N3O3S/c1-5-25(6-2)29(27,28)16-11-17(24(4)12-16)18(26)23-13(3)14-8-7-9-15(10-14)19(20,21)22/h7-13H,5-6H2,1-4H3,(H,23,26). The van der Waals surface area contributed by atoms with Gasteiger partial charge in [-0.1, -0.05) is 26.0 Å². The number of carbonyl (C=O) groups excluding carboxylic acids is 1. The van der Waals surface area contributed by atoms with E-state index in [0.29, 0.717) is 18.7 Å². The number of amides is 1. The van der Waals surface area contributed by atoms with Crippen LogP contribution < -0.4 is 5.32 Å². The van der Waals surface area contributed by atoms with Crippen molar-refractivity contribution in [1.82, 2.24) is 14.2 Å². The summed E-state index contributed by atoms with van der Waals surface area (Å²) in [5, 5.41) is 2.62. The van der Waals surface area contributed by atoms with E-state index in [0.717, 1.165) is 12.1 Å². The topological polar surface area (TPSA) is 71.4 Å². The van der Waals surface area contributed by atoms with Gasteiger partial charge < -0.3 is 9.88 Å². The van der Waals surface area contributed by atoms with Gasteiger partial charge in [0.05, 0.1) is 11.6 Å². The Labute approximate surface area is 168 Å². The zero-order chi connectivity index (χ0) is 22.0. The Kier molecular flexibility index (Phi) is 6.79. The minimum Gasteiger partial charge on any atom is -0.345 e. The van der Waals surface area contributed by atoms with Crippen molar-refractivity contribution in [2.24, 2.45) is 7.05 Å². The Balaban J connectivity index is 2.25. The summed E-state index contributed by atoms with van der Waals surface area (Å²) in [6, 6.07) is 5.26. The van der Waals surface area contributed by atoms with Gasteiger partial charge in [-0.3, -0.25) is 4.79 Å². The number of carbonyl (C=O) groups is 1. The second-order valence-corrected chi connectivity index (χ2v) is 8.52. The summed E-state index contributed by atoms with van der Waals surface area (Å²) in [4.78, 5) is 12.6. The summed E-state index contributed by atoms with van der Waals surface area (Å²) in [6.07, 6.45) is -3.14. The lowest BCUT2D eigenvalue weighted by Gasteiger charge is -2.17. The van der Waals surface area contributed by atoms with Gasteiger partial charge in [-0.15, -0.1) is 0 Å². The molecule has 1 atom stereocenters. The SMILES string of the molecule is CCN(CC)S(=O)(=O)c1cc(C(=O)NC(C)c2cccc(C(F)(F)F)c2)n(C)c1. The molecule has 29 heavy (non-hydrogen) atoms. The van der Waals surface area contributed by atoms with Crippen LogP contribution in [0.3, 0.4) is 0 Å². The monoisotopic (exact) mass is 431 g/mol. The molecule has 0 aliphatic carbocycles. The van der Waals surface area contributed by atoms with Crippen molar-refractivity contribution < 1.29 is 26.4 Å². The van der Waals surface area contributed by atoms with Gasteiger partial charge in [0.2, 0.25) is 10.0 Å². The van der Waals surface area contributed by atoms with E-state index < -0.39 is 33.7 Å². The summed E-state index contributed by atoms with van der Waals surface area (Å²) in [5.74, 6) is -0.585. The number of halogens is 3. The minimum atomic E-state index is -4.48. The summed E-state index contributed by atoms with van der Waals surface area (Å²) >= 11 is 0. The van der Waals surface area contributed by atoms with Crippen LogP contribution >= 0.6 is 0 Å². The fourth-order valence-electron chi connectivity index (χ4n) is 2.95. The van der Waals surface area contributed by atoms with Crippen LogP contribution in [0.5, 0.6) is 0 Å². The van der Waals surface area contributed by atoms with E-state index in [2.05, 4.69) is 5.32 Å². The third-order valence-corrected chi connectivity index (χ3v) is 6.63. The molecule has 0 spiro atoms. The van der Waals surface area contributed by atoms with Crippen LogP contribution in [0.2, 0.25) is 0 Å². The summed E-state index contributed by atoms with van der Waals surface area (Å²) < 4.78 is 66.6. The zero-order valence-corrected chi connectivity index (χ0v) is 17.4. The van der Waals surface area contributed by atoms with Crippen molar-refractivity contribution in [3.63, 3.8) is 0 Å². The number of rotatable bonds is 7. The largest absolute Gasteiger partial charge is 0.416 e. The van der Waals surface area contributed by atoms with E-state index in [-0.39, 0.29) is 10.6 Å². The lowest BCUT2D eigenvalue weighted by Crippen LogP contribution is -2.30. The first-order chi connectivity index (χ1) is 13.4. The predicted molar refractivity (Wildman–Crippen MR) is 103 cm³/mol. The van der Waals surface area contributed by atoms with Gasteiger partial charge in [0.25, 0.3) is 5.91 Å². The molecule has 1 heterocycles. The third kappa shape index (κ3) is 4.99. The van der Waals surface area contributed by atoms with Crippen molar-refractivity contribution in [2.45, 2.75) is 37.9 Å². The van der Waals surface area contributed by atoms with Crippen molar-refractivity contribution in [2.75, 3.05) is 13.1 Å². The van der Waals surface area contributed by atoms with Crippen LogP contribution in [0, 0.1) is 0 Å². The van der Waals surface area contributed by atoms with Crippen LogP contribution in [-0.2, 0) is 23.2 Å². The molecule has 0 aliphatic heterocycles. The average molecular weight is 431 g/mol. The molecule has 6 nitrogen and oxygen atoms in total. The first-order valence-corrected chi connectivity index (χ1v) is 10.5. The highest BCUT2D eigenvalue weighted by molar-refractivity contribution is 7.89. The summed E-state index contributed by atoms with van der Waals surface area (Å²) in [7, 11) is -2.20. The molecule has 0 bridgehead atoms. The molecular formula is C19H24F3N3O3S. The fourth-order valence-corrected chi connectivity index (χ4v) is 4.48. The van der Waals surface area contributed by atoms with E-state index in [1.165, 1.54) is 40.3 Å². The number of aromatic nitrogens is 1. The summed E-state index contributed by atoms with van der Waals surface area (Å²) in [6.45, 7) is 5.58. The molecule has 0 saturated heterocycles. The number of hydrogen-bond acceptors (Lipinski definition) is 3. The van der Waals surface area contributed by atoms with Gasteiger partial charge in [0, 0.05) is 26.3 Å². The number of aryl methyl sites for hydroxylation is 1. The lowest BCUT2D eigenvalue weighted by atomic mass is 10.0. The third-order valence-electron chi connectivity index (χ3n) is 4.62. The molecule has 2 rings (SSSR count). The Morgan fingerprint density at radius 1 is 1.21 bits per heavy atom. The van der Waals surface area contributed by atoms with Crippen molar-refractivity contribution in [3.05, 3.63) is 53.3 Å². The molecule has 1 N–H and O–H groups in total. The maximum absolute atomic E-state index is 12.9. The Hall–Kier alpha value is -2.33. The normalized spacial score (nSPS) is 13.5. The van der Waals surface area contributed by atoms with E-state index in [4.69, 9.17) is 0 Å². The maximum atomic E-state index is 12.9. The van der Waals surface area contributed by atoms with E-state index in [9.17, 15) is 26.4 Å². The molecule has 0 fully saturated rings. The first-order valence-electron chi connectivity index (χ1n) is 9.06. The van der Waals surface area contributed by atoms with Gasteiger partial charge in [-0.2, -0.15) is 17.5 Å². The number of benzene rings is 1. The quantitative estimate of drug-likeness (QED) is 0.729. The molecule has 1 unspecified atom stereocenters. The van der Waals surface area contributed by atoms with Gasteiger partial charge in [0.1, 0.15) is 10.6 Å². The van der Waals surface area contributed by atoms with E-state index >= 15 is 0 Å². The zero-order valence-electron chi connectivity index (χ0n) is 16.6. The molecule has 1 aromatic carbocycles. The van der Waals surface area contributed by atoms with Crippen LogP contribution in [-0.4, -0.2) is 36.3 Å². The molecule has 160 valence electrons. The number of sulfonamides is 1. The van der Waals surface area contributed by atoms with Gasteiger partial charge >= 0.3 is 6.18 Å². The van der Waals surface area contributed by atoms with Crippen molar-refractivity contribution >= 4 is 15.9 Å². The molecule has 0 aliphatic rings. The highest BCUT2D eigenvalue weighted by Gasteiger charge is 2.31. The molecule has 1 amide bonds. The Morgan fingerprint density at radius 2 is 1.83 bits per heavy atom. The van der Waals surface area contributed by atoms with E-state index in [1.807, 2.05) is 0 Å². The number of alkyl halides is 3. The van der Waals surface area contributed by atoms with Gasteiger partial charge in [-0.25, -0.2) is 8.42 Å². The molecule has 0 radical (unpaired) electrons. The number of nitrogens with one attached hydrogen (secondary N) is 1. The van der Waals surface area contributed by atoms with Crippen LogP contribution in [0.15, 0.2) is 41.4 Å². The smallest absolute Gasteiger partial charge is 0.345 e. The Bertz CT molecular complexity index is 980. The van der Waals surface area contributed by atoms with E-state index in [1.54, 1.807) is 20.8 Å². The number of hydrogen-bond donors (Lipinski definition) is 1. The predicted octanol–water partition coefficient (Wildman–Crippen LogP) is 3.57. The van der Waals surface area contributed by atoms with Crippen molar-refractivity contribution in [1.29, 1.82) is 0 Å². The van der Waals surface area contributed by atoms with Crippen LogP contribution in [0.25, 0.3) is 0 Å². The molecule has 2 aromatic rings. The first kappa shape index (κ1) is 23.0. The Morgan fingerprint density at radius 3 is 2.38 bits per heavy atom.